The number of aliphatic hydroxyl groups is 1. The number of aromatic hydroxyl groups is 2. The van der Waals surface area contributed by atoms with Crippen molar-refractivity contribution in [2.45, 2.75) is 12.5 Å². The Labute approximate surface area is 75.3 Å². The molecule has 1 atom stereocenters. The predicted molar refractivity (Wildman–Crippen MR) is 45.0 cm³/mol. The Morgan fingerprint density at radius 2 is 2.08 bits per heavy atom. The van der Waals surface area contributed by atoms with Crippen LogP contribution in [0.5, 0.6) is 11.5 Å². The minimum atomic E-state index is -1.01. The molecule has 1 rings (SSSR count). The molecule has 0 heterocycles. The lowest BCUT2D eigenvalue weighted by atomic mass is 10.1. The van der Waals surface area contributed by atoms with Gasteiger partial charge in [-0.05, 0) is 12.1 Å². The van der Waals surface area contributed by atoms with Crippen molar-refractivity contribution in [1.29, 1.82) is 5.26 Å². The van der Waals surface area contributed by atoms with E-state index in [1.54, 1.807) is 6.07 Å². The van der Waals surface area contributed by atoms with Crippen LogP contribution in [0.1, 0.15) is 18.1 Å². The van der Waals surface area contributed by atoms with Gasteiger partial charge in [-0.15, -0.1) is 0 Å². The number of hydrogen-bond acceptors (Lipinski definition) is 4. The summed E-state index contributed by atoms with van der Waals surface area (Å²) in [7, 11) is 0. The molecule has 13 heavy (non-hydrogen) atoms. The van der Waals surface area contributed by atoms with E-state index in [-0.39, 0.29) is 23.5 Å². The molecule has 4 nitrogen and oxygen atoms in total. The van der Waals surface area contributed by atoms with Gasteiger partial charge in [0.15, 0.2) is 0 Å². The van der Waals surface area contributed by atoms with Crippen molar-refractivity contribution in [2.75, 3.05) is 0 Å². The van der Waals surface area contributed by atoms with Crippen LogP contribution in [0.15, 0.2) is 18.2 Å². The number of phenols is 2. The highest BCUT2D eigenvalue weighted by atomic mass is 16.3. The van der Waals surface area contributed by atoms with Crippen LogP contribution in [0.3, 0.4) is 0 Å². The van der Waals surface area contributed by atoms with E-state index >= 15 is 0 Å². The second-order valence-corrected chi connectivity index (χ2v) is 2.62. The lowest BCUT2D eigenvalue weighted by Gasteiger charge is -2.08. The summed E-state index contributed by atoms with van der Waals surface area (Å²) < 4.78 is 0. The quantitative estimate of drug-likeness (QED) is 0.633. The minimum absolute atomic E-state index is 0.0783. The van der Waals surface area contributed by atoms with E-state index in [0.717, 1.165) is 6.07 Å². The van der Waals surface area contributed by atoms with Gasteiger partial charge in [-0.1, -0.05) is 0 Å². The molecule has 1 aromatic rings. The molecule has 1 unspecified atom stereocenters. The molecule has 3 N–H and O–H groups in total. The van der Waals surface area contributed by atoms with Crippen molar-refractivity contribution in [3.8, 4) is 17.6 Å². The van der Waals surface area contributed by atoms with Crippen LogP contribution in [0.4, 0.5) is 0 Å². The van der Waals surface area contributed by atoms with Gasteiger partial charge in [-0.3, -0.25) is 0 Å². The molecule has 68 valence electrons. The summed E-state index contributed by atoms with van der Waals surface area (Å²) in [5, 5.41) is 35.8. The molecular weight excluding hydrogens is 170 g/mol. The number of hydrogen-bond donors (Lipinski definition) is 3. The zero-order valence-electron chi connectivity index (χ0n) is 6.81. The number of nitriles is 1. The molecule has 1 aromatic carbocycles. The van der Waals surface area contributed by atoms with E-state index in [1.807, 2.05) is 0 Å². The van der Waals surface area contributed by atoms with Crippen LogP contribution in [-0.2, 0) is 0 Å². The topological polar surface area (TPSA) is 84.5 Å². The van der Waals surface area contributed by atoms with Gasteiger partial charge in [-0.25, -0.2) is 0 Å². The maximum absolute atomic E-state index is 9.33. The van der Waals surface area contributed by atoms with E-state index in [2.05, 4.69) is 0 Å². The average molecular weight is 179 g/mol. The third-order valence-corrected chi connectivity index (χ3v) is 1.66. The maximum atomic E-state index is 9.33. The van der Waals surface area contributed by atoms with E-state index in [9.17, 15) is 10.2 Å². The summed E-state index contributed by atoms with van der Waals surface area (Å²) in [6, 6.07) is 5.63. The van der Waals surface area contributed by atoms with Gasteiger partial charge in [-0.2, -0.15) is 5.26 Å². The minimum Gasteiger partial charge on any atom is -0.508 e. The van der Waals surface area contributed by atoms with Crippen molar-refractivity contribution in [3.05, 3.63) is 23.8 Å². The van der Waals surface area contributed by atoms with Crippen LogP contribution in [0.25, 0.3) is 0 Å². The lowest BCUT2D eigenvalue weighted by molar-refractivity contribution is 0.179. The summed E-state index contributed by atoms with van der Waals surface area (Å²) in [6.45, 7) is 0. The Kier molecular flexibility index (Phi) is 2.72. The van der Waals surface area contributed by atoms with Crippen LogP contribution in [0.2, 0.25) is 0 Å². The molecule has 0 aliphatic carbocycles. The van der Waals surface area contributed by atoms with Crippen molar-refractivity contribution >= 4 is 0 Å². The lowest BCUT2D eigenvalue weighted by Crippen LogP contribution is -1.95. The largest absolute Gasteiger partial charge is 0.508 e. The van der Waals surface area contributed by atoms with Gasteiger partial charge in [0, 0.05) is 11.6 Å². The van der Waals surface area contributed by atoms with E-state index in [0.29, 0.717) is 0 Å². The fraction of sp³-hybridized carbons (Fsp3) is 0.222. The number of nitrogens with zero attached hydrogens (tertiary/aromatic N) is 1. The molecular formula is C9H9NO3. The van der Waals surface area contributed by atoms with Gasteiger partial charge in [0.1, 0.15) is 11.5 Å². The van der Waals surface area contributed by atoms with Crippen LogP contribution < -0.4 is 0 Å². The zero-order valence-corrected chi connectivity index (χ0v) is 6.81. The van der Waals surface area contributed by atoms with Crippen LogP contribution in [-0.4, -0.2) is 15.3 Å². The SMILES string of the molecule is N#CCC(O)c1ccc(O)cc1O. The third-order valence-electron chi connectivity index (χ3n) is 1.66. The van der Waals surface area contributed by atoms with E-state index < -0.39 is 6.10 Å². The molecule has 0 aliphatic rings. The van der Waals surface area contributed by atoms with Crippen molar-refractivity contribution in [2.24, 2.45) is 0 Å². The smallest absolute Gasteiger partial charge is 0.125 e. The standard InChI is InChI=1S/C9H9NO3/c10-4-3-8(12)7-2-1-6(11)5-9(7)13/h1-2,5,8,11-13H,3H2. The van der Waals surface area contributed by atoms with E-state index in [1.165, 1.54) is 12.1 Å². The summed E-state index contributed by atoms with van der Waals surface area (Å²) in [6.07, 6.45) is -1.09. The normalized spacial score (nSPS) is 12.0. The average Bonchev–Trinajstić information content (AvgIpc) is 2.04. The fourth-order valence-electron chi connectivity index (χ4n) is 1.01. The molecule has 0 aliphatic heterocycles. The van der Waals surface area contributed by atoms with Crippen molar-refractivity contribution < 1.29 is 15.3 Å². The summed E-state index contributed by atoms with van der Waals surface area (Å²) in [4.78, 5) is 0. The third kappa shape index (κ3) is 2.10. The summed E-state index contributed by atoms with van der Waals surface area (Å²) in [5.41, 5.74) is 0.249. The first-order valence-electron chi connectivity index (χ1n) is 3.72. The Morgan fingerprint density at radius 3 is 2.62 bits per heavy atom. The van der Waals surface area contributed by atoms with Gasteiger partial charge in [0.05, 0.1) is 18.6 Å². The molecule has 0 fully saturated rings. The number of phenolic OH excluding ortho intramolecular Hbond substituents is 2. The number of benzene rings is 1. The highest BCUT2D eigenvalue weighted by molar-refractivity contribution is 5.40. The van der Waals surface area contributed by atoms with Gasteiger partial charge < -0.3 is 15.3 Å². The molecule has 0 aromatic heterocycles. The predicted octanol–water partition coefficient (Wildman–Crippen LogP) is 1.04. The first kappa shape index (κ1) is 9.36. The van der Waals surface area contributed by atoms with Gasteiger partial charge in [0.2, 0.25) is 0 Å². The van der Waals surface area contributed by atoms with Gasteiger partial charge >= 0.3 is 0 Å². The first-order chi connectivity index (χ1) is 6.15. The highest BCUT2D eigenvalue weighted by Crippen LogP contribution is 2.29. The second kappa shape index (κ2) is 3.78. The zero-order chi connectivity index (χ0) is 9.84. The number of rotatable bonds is 2. The molecule has 4 heteroatoms. The summed E-state index contributed by atoms with van der Waals surface area (Å²) >= 11 is 0. The molecule has 0 spiro atoms. The Morgan fingerprint density at radius 1 is 1.38 bits per heavy atom. The Bertz CT molecular complexity index is 343. The molecule has 0 saturated heterocycles. The molecule has 0 radical (unpaired) electrons. The maximum Gasteiger partial charge on any atom is 0.125 e. The monoisotopic (exact) mass is 179 g/mol. The van der Waals surface area contributed by atoms with Crippen LogP contribution in [0, 0.1) is 11.3 Å². The molecule has 0 bridgehead atoms. The first-order valence-corrected chi connectivity index (χ1v) is 3.72. The fourth-order valence-corrected chi connectivity index (χ4v) is 1.01. The molecule has 0 saturated carbocycles. The Balaban J connectivity index is 2.96. The number of aliphatic hydroxyl groups excluding tert-OH is 1. The van der Waals surface area contributed by atoms with Crippen molar-refractivity contribution in [3.63, 3.8) is 0 Å². The van der Waals surface area contributed by atoms with Gasteiger partial charge in [0.25, 0.3) is 0 Å². The highest BCUT2D eigenvalue weighted by Gasteiger charge is 2.11. The van der Waals surface area contributed by atoms with Crippen molar-refractivity contribution in [1.82, 2.24) is 0 Å². The van der Waals surface area contributed by atoms with Crippen LogP contribution >= 0.6 is 0 Å². The van der Waals surface area contributed by atoms with E-state index in [4.69, 9.17) is 10.4 Å². The summed E-state index contributed by atoms with van der Waals surface area (Å²) in [5.74, 6) is -0.284. The Hall–Kier alpha value is -1.73. The second-order valence-electron chi connectivity index (χ2n) is 2.62. The molecule has 0 amide bonds.